The first kappa shape index (κ1) is 18.5. The van der Waals surface area contributed by atoms with Crippen LogP contribution < -0.4 is 19.1 Å². The fourth-order valence-corrected chi connectivity index (χ4v) is 3.82. The molecule has 2 aromatic carbocycles. The van der Waals surface area contributed by atoms with E-state index in [0.717, 1.165) is 18.7 Å². The largest absolute Gasteiger partial charge is 0.490 e. The van der Waals surface area contributed by atoms with E-state index in [1.54, 1.807) is 12.1 Å². The molecule has 0 aliphatic carbocycles. The minimum Gasteiger partial charge on any atom is -0.490 e. The van der Waals surface area contributed by atoms with Crippen molar-refractivity contribution in [2.24, 2.45) is 0 Å². The highest BCUT2D eigenvalue weighted by Gasteiger charge is 2.18. The standard InChI is InChI=1S/C19H24N2O4S/c1-21(16-7-3-2-4-8-16)12-5-11-20-26(22,23)17-9-10-18-19(15-17)25-14-6-13-24-18/h2-4,7-10,15,20H,5-6,11-14H2,1H3. The van der Waals surface area contributed by atoms with Crippen molar-refractivity contribution in [2.75, 3.05) is 38.3 Å². The summed E-state index contributed by atoms with van der Waals surface area (Å²) in [6, 6.07) is 14.7. The molecule has 6 nitrogen and oxygen atoms in total. The molecule has 2 aromatic rings. The fraction of sp³-hybridized carbons (Fsp3) is 0.368. The van der Waals surface area contributed by atoms with Crippen LogP contribution in [-0.2, 0) is 10.0 Å². The Labute approximate surface area is 154 Å². The van der Waals surface area contributed by atoms with Crippen LogP contribution in [0.5, 0.6) is 11.5 Å². The molecule has 0 amide bonds. The Balaban J connectivity index is 1.55. The zero-order chi connectivity index (χ0) is 18.4. The van der Waals surface area contributed by atoms with Gasteiger partial charge in [0.15, 0.2) is 11.5 Å². The van der Waals surface area contributed by atoms with Gasteiger partial charge in [0, 0.05) is 38.3 Å². The number of para-hydroxylation sites is 1. The Hall–Kier alpha value is -2.25. The van der Waals surface area contributed by atoms with Crippen molar-refractivity contribution in [1.82, 2.24) is 4.72 Å². The minimum atomic E-state index is -3.57. The maximum Gasteiger partial charge on any atom is 0.240 e. The Bertz CT molecular complexity index is 825. The van der Waals surface area contributed by atoms with E-state index in [4.69, 9.17) is 9.47 Å². The highest BCUT2D eigenvalue weighted by Crippen LogP contribution is 2.31. The molecule has 0 aromatic heterocycles. The first-order valence-corrected chi connectivity index (χ1v) is 10.2. The highest BCUT2D eigenvalue weighted by atomic mass is 32.2. The minimum absolute atomic E-state index is 0.193. The van der Waals surface area contributed by atoms with E-state index in [0.29, 0.717) is 37.7 Å². The smallest absolute Gasteiger partial charge is 0.240 e. The van der Waals surface area contributed by atoms with Crippen LogP contribution in [0.15, 0.2) is 53.4 Å². The van der Waals surface area contributed by atoms with E-state index >= 15 is 0 Å². The summed E-state index contributed by atoms with van der Waals surface area (Å²) in [5.41, 5.74) is 1.11. The number of nitrogens with one attached hydrogen (secondary N) is 1. The van der Waals surface area contributed by atoms with Gasteiger partial charge in [0.25, 0.3) is 0 Å². The Morgan fingerprint density at radius 1 is 1.04 bits per heavy atom. The lowest BCUT2D eigenvalue weighted by molar-refractivity contribution is 0.297. The lowest BCUT2D eigenvalue weighted by atomic mass is 10.3. The predicted octanol–water partition coefficient (Wildman–Crippen LogP) is 2.65. The van der Waals surface area contributed by atoms with Gasteiger partial charge < -0.3 is 14.4 Å². The predicted molar refractivity (Wildman–Crippen MR) is 102 cm³/mol. The van der Waals surface area contributed by atoms with Crippen LogP contribution in [0.1, 0.15) is 12.8 Å². The molecular formula is C19H24N2O4S. The molecule has 26 heavy (non-hydrogen) atoms. The van der Waals surface area contributed by atoms with Crippen molar-refractivity contribution >= 4 is 15.7 Å². The molecule has 0 bridgehead atoms. The summed E-state index contributed by atoms with van der Waals surface area (Å²) in [5, 5.41) is 0. The second-order valence-electron chi connectivity index (χ2n) is 6.17. The van der Waals surface area contributed by atoms with Crippen molar-refractivity contribution < 1.29 is 17.9 Å². The molecule has 0 spiro atoms. The normalized spacial score (nSPS) is 13.9. The molecule has 1 aliphatic heterocycles. The van der Waals surface area contributed by atoms with Gasteiger partial charge in [0.2, 0.25) is 10.0 Å². The van der Waals surface area contributed by atoms with Gasteiger partial charge in [-0.3, -0.25) is 0 Å². The molecule has 0 atom stereocenters. The molecule has 0 saturated carbocycles. The number of sulfonamides is 1. The van der Waals surface area contributed by atoms with Crippen LogP contribution in [0.25, 0.3) is 0 Å². The second-order valence-corrected chi connectivity index (χ2v) is 7.93. The highest BCUT2D eigenvalue weighted by molar-refractivity contribution is 7.89. The summed E-state index contributed by atoms with van der Waals surface area (Å²) in [5.74, 6) is 1.07. The number of nitrogens with zero attached hydrogens (tertiary/aromatic N) is 1. The first-order valence-electron chi connectivity index (χ1n) is 8.72. The van der Waals surface area contributed by atoms with Crippen LogP contribution in [0.4, 0.5) is 5.69 Å². The summed E-state index contributed by atoms with van der Waals surface area (Å²) in [4.78, 5) is 2.29. The van der Waals surface area contributed by atoms with E-state index < -0.39 is 10.0 Å². The Kier molecular flexibility index (Phi) is 6.00. The molecule has 0 radical (unpaired) electrons. The molecule has 0 unspecified atom stereocenters. The summed E-state index contributed by atoms with van der Waals surface area (Å²) >= 11 is 0. The average Bonchev–Trinajstić information content (AvgIpc) is 2.90. The molecule has 7 heteroatoms. The third-order valence-electron chi connectivity index (χ3n) is 4.19. The van der Waals surface area contributed by atoms with Crippen LogP contribution in [0, 0.1) is 0 Å². The number of ether oxygens (including phenoxy) is 2. The number of rotatable bonds is 7. The van der Waals surface area contributed by atoms with Crippen LogP contribution >= 0.6 is 0 Å². The third-order valence-corrected chi connectivity index (χ3v) is 5.65. The van der Waals surface area contributed by atoms with Crippen LogP contribution in [-0.4, -0.2) is 41.8 Å². The van der Waals surface area contributed by atoms with Crippen molar-refractivity contribution in [3.8, 4) is 11.5 Å². The topological polar surface area (TPSA) is 67.9 Å². The van der Waals surface area contributed by atoms with Crippen LogP contribution in [0.2, 0.25) is 0 Å². The second kappa shape index (κ2) is 8.42. The summed E-state index contributed by atoms with van der Waals surface area (Å²) in [6.45, 7) is 2.23. The maximum atomic E-state index is 12.5. The SMILES string of the molecule is CN(CCCNS(=O)(=O)c1ccc2c(c1)OCCCO2)c1ccccc1. The summed E-state index contributed by atoms with van der Waals surface area (Å²) in [7, 11) is -1.58. The Morgan fingerprint density at radius 3 is 2.54 bits per heavy atom. The molecule has 1 heterocycles. The molecule has 1 N–H and O–H groups in total. The molecule has 3 rings (SSSR count). The lowest BCUT2D eigenvalue weighted by Crippen LogP contribution is -2.28. The number of fused-ring (bicyclic) bond motifs is 1. The zero-order valence-electron chi connectivity index (χ0n) is 14.8. The van der Waals surface area contributed by atoms with Crippen molar-refractivity contribution in [1.29, 1.82) is 0 Å². The van der Waals surface area contributed by atoms with Gasteiger partial charge in [0.05, 0.1) is 18.1 Å². The van der Waals surface area contributed by atoms with E-state index in [9.17, 15) is 8.42 Å². The molecule has 1 aliphatic rings. The third kappa shape index (κ3) is 4.68. The van der Waals surface area contributed by atoms with E-state index in [2.05, 4.69) is 9.62 Å². The number of benzene rings is 2. The van der Waals surface area contributed by atoms with Gasteiger partial charge in [-0.25, -0.2) is 13.1 Å². The monoisotopic (exact) mass is 376 g/mol. The lowest BCUT2D eigenvalue weighted by Gasteiger charge is -2.19. The fourth-order valence-electron chi connectivity index (χ4n) is 2.73. The number of hydrogen-bond acceptors (Lipinski definition) is 5. The molecule has 140 valence electrons. The van der Waals surface area contributed by atoms with Gasteiger partial charge in [-0.2, -0.15) is 0 Å². The quantitative estimate of drug-likeness (QED) is 0.753. The molecule has 0 saturated heterocycles. The van der Waals surface area contributed by atoms with Crippen molar-refractivity contribution in [3.63, 3.8) is 0 Å². The molecular weight excluding hydrogens is 352 g/mol. The van der Waals surface area contributed by atoms with Crippen molar-refractivity contribution in [2.45, 2.75) is 17.7 Å². The maximum absolute atomic E-state index is 12.5. The van der Waals surface area contributed by atoms with Gasteiger partial charge >= 0.3 is 0 Å². The van der Waals surface area contributed by atoms with Gasteiger partial charge in [-0.15, -0.1) is 0 Å². The number of anilines is 1. The van der Waals surface area contributed by atoms with Gasteiger partial charge in [-0.1, -0.05) is 18.2 Å². The average molecular weight is 376 g/mol. The van der Waals surface area contributed by atoms with E-state index in [1.807, 2.05) is 37.4 Å². The van der Waals surface area contributed by atoms with Gasteiger partial charge in [-0.05, 0) is 30.7 Å². The van der Waals surface area contributed by atoms with Crippen molar-refractivity contribution in [3.05, 3.63) is 48.5 Å². The summed E-state index contributed by atoms with van der Waals surface area (Å²) in [6.07, 6.45) is 1.49. The zero-order valence-corrected chi connectivity index (χ0v) is 15.7. The van der Waals surface area contributed by atoms with E-state index in [-0.39, 0.29) is 4.90 Å². The summed E-state index contributed by atoms with van der Waals surface area (Å²) < 4.78 is 38.8. The number of hydrogen-bond donors (Lipinski definition) is 1. The molecule has 0 fully saturated rings. The Morgan fingerprint density at radius 2 is 1.77 bits per heavy atom. The van der Waals surface area contributed by atoms with Gasteiger partial charge in [0.1, 0.15) is 0 Å². The first-order chi connectivity index (χ1) is 12.6. The van der Waals surface area contributed by atoms with E-state index in [1.165, 1.54) is 6.07 Å². The van der Waals surface area contributed by atoms with Crippen LogP contribution in [0.3, 0.4) is 0 Å².